The van der Waals surface area contributed by atoms with Gasteiger partial charge in [0.1, 0.15) is 0 Å². The fraction of sp³-hybridized carbons (Fsp3) is 0.333. The van der Waals surface area contributed by atoms with Crippen LogP contribution in [-0.2, 0) is 13.1 Å². The predicted octanol–water partition coefficient (Wildman–Crippen LogP) is 4.33. The number of rotatable bonds is 5. The van der Waals surface area contributed by atoms with Gasteiger partial charge in [0.15, 0.2) is 0 Å². The predicted molar refractivity (Wildman–Crippen MR) is 108 cm³/mol. The number of carbonyl (C=O) groups is 1. The van der Waals surface area contributed by atoms with Crippen LogP contribution in [0.1, 0.15) is 45.3 Å². The van der Waals surface area contributed by atoms with E-state index in [2.05, 4.69) is 23.5 Å². The van der Waals surface area contributed by atoms with E-state index in [-0.39, 0.29) is 11.5 Å². The van der Waals surface area contributed by atoms with Gasteiger partial charge in [-0.3, -0.25) is 9.59 Å². The first kappa shape index (κ1) is 18.4. The average Bonchev–Trinajstić information content (AvgIpc) is 2.95. The molecule has 1 amide bonds. The molecule has 2 heterocycles. The van der Waals surface area contributed by atoms with Gasteiger partial charge in [0.05, 0.1) is 10.9 Å². The summed E-state index contributed by atoms with van der Waals surface area (Å²) in [5, 5.41) is 3.54. The molecule has 3 aromatic rings. The van der Waals surface area contributed by atoms with Gasteiger partial charge < -0.3 is 9.88 Å². The minimum Gasteiger partial charge on any atom is -0.348 e. The van der Waals surface area contributed by atoms with Crippen molar-refractivity contribution in [3.8, 4) is 0 Å². The topological polar surface area (TPSA) is 51.1 Å². The molecule has 0 unspecified atom stereocenters. The smallest absolute Gasteiger partial charge is 0.260 e. The van der Waals surface area contributed by atoms with Gasteiger partial charge in [-0.1, -0.05) is 30.7 Å². The number of hydrogen-bond donors (Lipinski definition) is 1. The molecule has 0 aliphatic carbocycles. The van der Waals surface area contributed by atoms with E-state index in [9.17, 15) is 9.59 Å². The number of thiophene rings is 1. The summed E-state index contributed by atoms with van der Waals surface area (Å²) in [5.74, 6) is -0.180. The van der Waals surface area contributed by atoms with Crippen molar-refractivity contribution >= 4 is 27.3 Å². The van der Waals surface area contributed by atoms with E-state index in [1.807, 2.05) is 40.0 Å². The third-order valence-corrected chi connectivity index (χ3v) is 5.70. The second-order valence-corrected chi connectivity index (χ2v) is 7.96. The molecular weight excluding hydrogens is 344 g/mol. The van der Waals surface area contributed by atoms with Crippen LogP contribution in [0.2, 0.25) is 0 Å². The monoisotopic (exact) mass is 368 g/mol. The summed E-state index contributed by atoms with van der Waals surface area (Å²) in [6.45, 7) is 9.13. The maximum absolute atomic E-state index is 12.9. The van der Waals surface area contributed by atoms with E-state index in [1.165, 1.54) is 16.9 Å². The quantitative estimate of drug-likeness (QED) is 0.729. The first-order valence-electron chi connectivity index (χ1n) is 8.89. The van der Waals surface area contributed by atoms with Gasteiger partial charge in [-0.05, 0) is 44.4 Å². The minimum atomic E-state index is -0.180. The Balaban J connectivity index is 1.95. The van der Waals surface area contributed by atoms with Gasteiger partial charge in [-0.25, -0.2) is 0 Å². The molecule has 0 fully saturated rings. The molecular formula is C21H24N2O2S. The largest absolute Gasteiger partial charge is 0.348 e. The van der Waals surface area contributed by atoms with Gasteiger partial charge in [-0.15, -0.1) is 11.3 Å². The number of fused-ring (bicyclic) bond motifs is 1. The Morgan fingerprint density at radius 2 is 1.96 bits per heavy atom. The highest BCUT2D eigenvalue weighted by atomic mass is 32.1. The van der Waals surface area contributed by atoms with E-state index in [0.29, 0.717) is 24.0 Å². The van der Waals surface area contributed by atoms with Crippen molar-refractivity contribution in [2.75, 3.05) is 0 Å². The number of aryl methyl sites for hydroxylation is 4. The maximum atomic E-state index is 12.9. The summed E-state index contributed by atoms with van der Waals surface area (Å²) in [5.41, 5.74) is 3.85. The number of carbonyl (C=O) groups excluding carboxylic acids is 1. The maximum Gasteiger partial charge on any atom is 0.260 e. The summed E-state index contributed by atoms with van der Waals surface area (Å²) in [6, 6.07) is 8.15. The van der Waals surface area contributed by atoms with E-state index >= 15 is 0 Å². The van der Waals surface area contributed by atoms with Gasteiger partial charge in [0.25, 0.3) is 11.5 Å². The number of amides is 1. The zero-order valence-electron chi connectivity index (χ0n) is 15.7. The second-order valence-electron chi connectivity index (χ2n) is 6.70. The standard InChI is InChI=1S/C21H24N2O2S/c1-5-9-23-10-8-17-19(21(23)25)18(15(4)26-17)20(24)22-12-16-11-13(2)6-7-14(16)3/h6-8,10-11H,5,9,12H2,1-4H3,(H,22,24). The highest BCUT2D eigenvalue weighted by molar-refractivity contribution is 7.19. The van der Waals surface area contributed by atoms with Crippen LogP contribution in [0, 0.1) is 20.8 Å². The Kier molecular flexibility index (Phi) is 5.28. The summed E-state index contributed by atoms with van der Waals surface area (Å²) < 4.78 is 2.56. The molecule has 0 aliphatic rings. The molecule has 26 heavy (non-hydrogen) atoms. The van der Waals surface area contributed by atoms with E-state index in [1.54, 1.807) is 4.57 Å². The Bertz CT molecular complexity index is 1030. The number of hydrogen-bond acceptors (Lipinski definition) is 3. The molecule has 1 aromatic carbocycles. The molecule has 0 bridgehead atoms. The van der Waals surface area contributed by atoms with Crippen molar-refractivity contribution in [2.45, 2.75) is 47.2 Å². The minimum absolute atomic E-state index is 0.0782. The number of nitrogens with zero attached hydrogens (tertiary/aromatic N) is 1. The molecule has 0 atom stereocenters. The Hall–Kier alpha value is -2.40. The van der Waals surface area contributed by atoms with Crippen molar-refractivity contribution in [1.82, 2.24) is 9.88 Å². The average molecular weight is 369 g/mol. The van der Waals surface area contributed by atoms with Crippen LogP contribution in [-0.4, -0.2) is 10.5 Å². The SMILES string of the molecule is CCCn1ccc2sc(C)c(C(=O)NCc3cc(C)ccc3C)c2c1=O. The van der Waals surface area contributed by atoms with Crippen molar-refractivity contribution < 1.29 is 4.79 Å². The fourth-order valence-corrected chi connectivity index (χ4v) is 4.26. The lowest BCUT2D eigenvalue weighted by molar-refractivity contribution is 0.0952. The number of pyridine rings is 1. The van der Waals surface area contributed by atoms with Crippen LogP contribution in [0.3, 0.4) is 0 Å². The molecule has 5 heteroatoms. The third-order valence-electron chi connectivity index (χ3n) is 4.63. The van der Waals surface area contributed by atoms with E-state index in [4.69, 9.17) is 0 Å². The van der Waals surface area contributed by atoms with Crippen LogP contribution in [0.4, 0.5) is 0 Å². The van der Waals surface area contributed by atoms with Crippen LogP contribution in [0.15, 0.2) is 35.3 Å². The van der Waals surface area contributed by atoms with Crippen LogP contribution >= 0.6 is 11.3 Å². The molecule has 3 rings (SSSR count). The van der Waals surface area contributed by atoms with Gasteiger partial charge >= 0.3 is 0 Å². The van der Waals surface area contributed by atoms with Crippen molar-refractivity contribution in [3.05, 3.63) is 67.9 Å². The lowest BCUT2D eigenvalue weighted by atomic mass is 10.1. The fourth-order valence-electron chi connectivity index (χ4n) is 3.21. The second kappa shape index (κ2) is 7.46. The van der Waals surface area contributed by atoms with Gasteiger partial charge in [-0.2, -0.15) is 0 Å². The third kappa shape index (κ3) is 3.44. The molecule has 0 saturated heterocycles. The van der Waals surface area contributed by atoms with Gasteiger partial charge in [0, 0.05) is 28.9 Å². The van der Waals surface area contributed by atoms with Crippen molar-refractivity contribution in [2.24, 2.45) is 0 Å². The Morgan fingerprint density at radius 3 is 2.69 bits per heavy atom. The highest BCUT2D eigenvalue weighted by Crippen LogP contribution is 2.28. The summed E-state index contributed by atoms with van der Waals surface area (Å²) in [7, 11) is 0. The zero-order chi connectivity index (χ0) is 18.8. The molecule has 4 nitrogen and oxygen atoms in total. The Labute approximate surface area is 157 Å². The summed E-state index contributed by atoms with van der Waals surface area (Å²) in [4.78, 5) is 26.6. The molecule has 1 N–H and O–H groups in total. The molecule has 0 aliphatic heterocycles. The van der Waals surface area contributed by atoms with E-state index < -0.39 is 0 Å². The van der Waals surface area contributed by atoms with Crippen LogP contribution in [0.25, 0.3) is 10.1 Å². The molecule has 0 saturated carbocycles. The van der Waals surface area contributed by atoms with Crippen LogP contribution < -0.4 is 10.9 Å². The summed E-state index contributed by atoms with van der Waals surface area (Å²) in [6.07, 6.45) is 2.70. The van der Waals surface area contributed by atoms with Crippen molar-refractivity contribution in [3.63, 3.8) is 0 Å². The van der Waals surface area contributed by atoms with E-state index in [0.717, 1.165) is 27.1 Å². The first-order valence-corrected chi connectivity index (χ1v) is 9.71. The summed E-state index contributed by atoms with van der Waals surface area (Å²) >= 11 is 1.50. The normalized spacial score (nSPS) is 11.1. The lowest BCUT2D eigenvalue weighted by Gasteiger charge is -2.10. The highest BCUT2D eigenvalue weighted by Gasteiger charge is 2.20. The van der Waals surface area contributed by atoms with Crippen LogP contribution in [0.5, 0.6) is 0 Å². The Morgan fingerprint density at radius 1 is 1.19 bits per heavy atom. The molecule has 2 aromatic heterocycles. The number of benzene rings is 1. The first-order chi connectivity index (χ1) is 12.4. The number of aromatic nitrogens is 1. The zero-order valence-corrected chi connectivity index (χ0v) is 16.5. The number of nitrogens with one attached hydrogen (secondary N) is 1. The lowest BCUT2D eigenvalue weighted by Crippen LogP contribution is -2.26. The molecule has 136 valence electrons. The molecule has 0 spiro atoms. The molecule has 0 radical (unpaired) electrons. The van der Waals surface area contributed by atoms with Crippen molar-refractivity contribution in [1.29, 1.82) is 0 Å². The van der Waals surface area contributed by atoms with Gasteiger partial charge in [0.2, 0.25) is 0 Å².